The van der Waals surface area contributed by atoms with Crippen LogP contribution in [0.2, 0.25) is 0 Å². The minimum absolute atomic E-state index is 0.0398. The second-order valence-electron chi connectivity index (χ2n) is 17.6. The number of hydrogen-bond acceptors (Lipinski definition) is 1. The Kier molecular flexibility index (Phi) is 8.66. The standard InChI is InChI=1S/C62H44O/c1-62(2)57-38-49(48-33-36-60-56(37-48)55-16-8-9-18-59(55)63-60)31-34-53(57)54-35-32-50(39-58(54)62)61(47-29-25-45(26-30-47)52-17-10-14-44-13-6-7-15-51(44)52)46-27-23-43(24-28-46)42-21-19-41(20-22-42)40-11-4-3-5-12-40/h3-39,61H,1-2H3. The molecular formula is C62H44O. The Morgan fingerprint density at radius 2 is 0.810 bits per heavy atom. The molecule has 10 aromatic carbocycles. The predicted molar refractivity (Wildman–Crippen MR) is 264 cm³/mol. The van der Waals surface area contributed by atoms with Gasteiger partial charge in [-0.2, -0.15) is 0 Å². The zero-order valence-electron chi connectivity index (χ0n) is 35.3. The molecule has 63 heavy (non-hydrogen) atoms. The lowest BCUT2D eigenvalue weighted by Crippen LogP contribution is -2.16. The summed E-state index contributed by atoms with van der Waals surface area (Å²) in [6, 6.07) is 82.6. The van der Waals surface area contributed by atoms with Crippen molar-refractivity contribution in [2.45, 2.75) is 25.2 Å². The molecule has 0 saturated carbocycles. The fraction of sp³-hybridized carbons (Fsp3) is 0.0645. The van der Waals surface area contributed by atoms with Crippen LogP contribution in [0.25, 0.3) is 88.3 Å². The van der Waals surface area contributed by atoms with Gasteiger partial charge in [-0.25, -0.2) is 0 Å². The minimum atomic E-state index is -0.193. The first kappa shape index (κ1) is 37.1. The summed E-state index contributed by atoms with van der Waals surface area (Å²) in [5.41, 5.74) is 20.7. The van der Waals surface area contributed by atoms with Crippen molar-refractivity contribution >= 4 is 32.7 Å². The molecule has 1 aromatic heterocycles. The van der Waals surface area contributed by atoms with Crippen LogP contribution in [-0.2, 0) is 5.41 Å². The Labute approximate surface area is 368 Å². The first-order chi connectivity index (χ1) is 31.0. The van der Waals surface area contributed by atoms with Crippen molar-refractivity contribution in [1.82, 2.24) is 0 Å². The lowest BCUT2D eigenvalue weighted by Gasteiger charge is -2.25. The zero-order chi connectivity index (χ0) is 42.1. The largest absolute Gasteiger partial charge is 0.456 e. The number of furan rings is 1. The van der Waals surface area contributed by atoms with Crippen molar-refractivity contribution in [3.05, 3.63) is 252 Å². The Morgan fingerprint density at radius 1 is 0.317 bits per heavy atom. The van der Waals surface area contributed by atoms with Gasteiger partial charge in [0.15, 0.2) is 0 Å². The van der Waals surface area contributed by atoms with E-state index in [1.807, 2.05) is 12.1 Å². The van der Waals surface area contributed by atoms with E-state index in [4.69, 9.17) is 4.42 Å². The molecule has 1 unspecified atom stereocenters. The Hall–Kier alpha value is -7.74. The monoisotopic (exact) mass is 804 g/mol. The lowest BCUT2D eigenvalue weighted by molar-refractivity contribution is 0.659. The number of fused-ring (bicyclic) bond motifs is 7. The third-order valence-electron chi connectivity index (χ3n) is 13.7. The van der Waals surface area contributed by atoms with Crippen LogP contribution >= 0.6 is 0 Å². The van der Waals surface area contributed by atoms with Gasteiger partial charge in [-0.3, -0.25) is 0 Å². The summed E-state index contributed by atoms with van der Waals surface area (Å²) >= 11 is 0. The second kappa shape index (κ2) is 14.7. The molecule has 1 heteroatoms. The summed E-state index contributed by atoms with van der Waals surface area (Å²) in [5, 5.41) is 4.84. The van der Waals surface area contributed by atoms with Crippen molar-refractivity contribution < 1.29 is 4.42 Å². The molecule has 1 heterocycles. The van der Waals surface area contributed by atoms with E-state index in [0.717, 1.165) is 21.9 Å². The Morgan fingerprint density at radius 3 is 1.54 bits per heavy atom. The summed E-state index contributed by atoms with van der Waals surface area (Å²) < 4.78 is 6.17. The van der Waals surface area contributed by atoms with Crippen molar-refractivity contribution in [2.24, 2.45) is 0 Å². The third kappa shape index (κ3) is 6.31. The molecule has 1 aliphatic rings. The summed E-state index contributed by atoms with van der Waals surface area (Å²) in [6.45, 7) is 4.79. The van der Waals surface area contributed by atoms with Gasteiger partial charge in [-0.05, 0) is 118 Å². The molecule has 0 fully saturated rings. The van der Waals surface area contributed by atoms with Crippen LogP contribution in [0.5, 0.6) is 0 Å². The zero-order valence-corrected chi connectivity index (χ0v) is 35.3. The molecule has 1 atom stereocenters. The average Bonchev–Trinajstić information content (AvgIpc) is 3.83. The van der Waals surface area contributed by atoms with Gasteiger partial charge < -0.3 is 4.42 Å². The van der Waals surface area contributed by atoms with Gasteiger partial charge in [0.25, 0.3) is 0 Å². The summed E-state index contributed by atoms with van der Waals surface area (Å²) in [7, 11) is 0. The summed E-state index contributed by atoms with van der Waals surface area (Å²) in [5.74, 6) is 0.0398. The molecular weight excluding hydrogens is 761 g/mol. The number of hydrogen-bond donors (Lipinski definition) is 0. The topological polar surface area (TPSA) is 13.1 Å². The van der Waals surface area contributed by atoms with Gasteiger partial charge in [0.2, 0.25) is 0 Å². The molecule has 0 amide bonds. The van der Waals surface area contributed by atoms with Gasteiger partial charge >= 0.3 is 0 Å². The smallest absolute Gasteiger partial charge is 0.135 e. The van der Waals surface area contributed by atoms with Crippen LogP contribution in [0.4, 0.5) is 0 Å². The van der Waals surface area contributed by atoms with E-state index in [0.29, 0.717) is 0 Å². The summed E-state index contributed by atoms with van der Waals surface area (Å²) in [6.07, 6.45) is 0. The first-order valence-electron chi connectivity index (χ1n) is 22.0. The van der Waals surface area contributed by atoms with Gasteiger partial charge in [0.1, 0.15) is 11.2 Å². The van der Waals surface area contributed by atoms with Crippen LogP contribution < -0.4 is 0 Å². The number of benzene rings is 10. The van der Waals surface area contributed by atoms with Crippen LogP contribution in [-0.4, -0.2) is 0 Å². The van der Waals surface area contributed by atoms with Gasteiger partial charge in [-0.1, -0.05) is 214 Å². The van der Waals surface area contributed by atoms with Crippen LogP contribution in [0.15, 0.2) is 229 Å². The maximum Gasteiger partial charge on any atom is 0.135 e. The third-order valence-corrected chi connectivity index (χ3v) is 13.7. The van der Waals surface area contributed by atoms with Crippen LogP contribution in [0, 0.1) is 0 Å². The van der Waals surface area contributed by atoms with Gasteiger partial charge in [0, 0.05) is 22.1 Å². The van der Waals surface area contributed by atoms with E-state index in [1.54, 1.807) is 0 Å². The molecule has 0 bridgehead atoms. The molecule has 0 N–H and O–H groups in total. The molecule has 0 aliphatic heterocycles. The fourth-order valence-corrected chi connectivity index (χ4v) is 10.3. The molecule has 1 aliphatic carbocycles. The molecule has 12 rings (SSSR count). The predicted octanol–water partition coefficient (Wildman–Crippen LogP) is 16.9. The molecule has 11 aromatic rings. The van der Waals surface area contributed by atoms with Crippen molar-refractivity contribution in [3.8, 4) is 55.6 Å². The SMILES string of the molecule is CC1(C)c2cc(-c3ccc4oc5ccccc5c4c3)ccc2-c2ccc(C(c3ccc(-c4ccc(-c5ccccc5)cc4)cc3)c3ccc(-c4cccc5ccccc45)cc3)cc21. The number of rotatable bonds is 7. The fourth-order valence-electron chi connectivity index (χ4n) is 10.3. The van der Waals surface area contributed by atoms with E-state index in [-0.39, 0.29) is 11.3 Å². The number of para-hydroxylation sites is 1. The van der Waals surface area contributed by atoms with E-state index >= 15 is 0 Å². The highest BCUT2D eigenvalue weighted by atomic mass is 16.3. The molecule has 0 spiro atoms. The Bertz CT molecular complexity index is 3490. The highest BCUT2D eigenvalue weighted by Crippen LogP contribution is 2.51. The van der Waals surface area contributed by atoms with E-state index < -0.39 is 0 Å². The summed E-state index contributed by atoms with van der Waals surface area (Å²) in [4.78, 5) is 0. The maximum atomic E-state index is 6.17. The normalized spacial score (nSPS) is 13.3. The van der Waals surface area contributed by atoms with E-state index in [2.05, 4.69) is 226 Å². The minimum Gasteiger partial charge on any atom is -0.456 e. The Balaban J connectivity index is 0.923. The van der Waals surface area contributed by atoms with Crippen LogP contribution in [0.1, 0.15) is 47.6 Å². The van der Waals surface area contributed by atoms with Crippen molar-refractivity contribution in [3.63, 3.8) is 0 Å². The van der Waals surface area contributed by atoms with Gasteiger partial charge in [0.05, 0.1) is 0 Å². The van der Waals surface area contributed by atoms with E-state index in [9.17, 15) is 0 Å². The van der Waals surface area contributed by atoms with Crippen molar-refractivity contribution in [1.29, 1.82) is 0 Å². The molecule has 0 radical (unpaired) electrons. The average molecular weight is 805 g/mol. The highest BCUT2D eigenvalue weighted by molar-refractivity contribution is 6.06. The molecule has 0 saturated heterocycles. The first-order valence-corrected chi connectivity index (χ1v) is 22.0. The quantitative estimate of drug-likeness (QED) is 0.146. The molecule has 1 nitrogen and oxygen atoms in total. The highest BCUT2D eigenvalue weighted by Gasteiger charge is 2.36. The van der Waals surface area contributed by atoms with Gasteiger partial charge in [-0.15, -0.1) is 0 Å². The lowest BCUT2D eigenvalue weighted by atomic mass is 9.78. The molecule has 298 valence electrons. The maximum absolute atomic E-state index is 6.17. The van der Waals surface area contributed by atoms with Crippen molar-refractivity contribution in [2.75, 3.05) is 0 Å². The van der Waals surface area contributed by atoms with Crippen LogP contribution in [0.3, 0.4) is 0 Å². The second-order valence-corrected chi connectivity index (χ2v) is 17.6. The van der Waals surface area contributed by atoms with E-state index in [1.165, 1.54) is 94.2 Å².